The van der Waals surface area contributed by atoms with Crippen molar-refractivity contribution >= 4 is 0 Å². The number of methoxy groups -OCH3 is 1. The normalized spacial score (nSPS) is 23.5. The number of hydrogen-bond acceptors (Lipinski definition) is 4. The van der Waals surface area contributed by atoms with Gasteiger partial charge in [0.2, 0.25) is 0 Å². The van der Waals surface area contributed by atoms with Crippen LogP contribution in [0.1, 0.15) is 49.9 Å². The minimum absolute atomic E-state index is 0.576. The highest BCUT2D eigenvalue weighted by molar-refractivity contribution is 5.07. The standard InChI is InChI=1S/C15H25N3O/c1-12-3-5-14(6-4-12)15-17-10-13(11-18-15)9-16-7-8-19-2/h10-12,14,16H,3-9H2,1-2H3. The molecule has 4 heteroatoms. The summed E-state index contributed by atoms with van der Waals surface area (Å²) in [4.78, 5) is 9.09. The van der Waals surface area contributed by atoms with Crippen LogP contribution in [-0.2, 0) is 11.3 Å². The van der Waals surface area contributed by atoms with Crippen molar-refractivity contribution < 1.29 is 4.74 Å². The minimum Gasteiger partial charge on any atom is -0.383 e. The lowest BCUT2D eigenvalue weighted by Crippen LogP contribution is -2.19. The van der Waals surface area contributed by atoms with Gasteiger partial charge in [-0.15, -0.1) is 0 Å². The van der Waals surface area contributed by atoms with Crippen molar-refractivity contribution in [2.24, 2.45) is 5.92 Å². The third-order valence-corrected chi connectivity index (χ3v) is 3.92. The van der Waals surface area contributed by atoms with Crippen LogP contribution in [0.5, 0.6) is 0 Å². The van der Waals surface area contributed by atoms with Crippen molar-refractivity contribution in [2.75, 3.05) is 20.3 Å². The van der Waals surface area contributed by atoms with E-state index in [9.17, 15) is 0 Å². The molecule has 1 heterocycles. The van der Waals surface area contributed by atoms with Gasteiger partial charge in [0.05, 0.1) is 6.61 Å². The first-order chi connectivity index (χ1) is 9.29. The number of hydrogen-bond donors (Lipinski definition) is 1. The van der Waals surface area contributed by atoms with Crippen molar-refractivity contribution in [3.8, 4) is 0 Å². The first-order valence-corrected chi connectivity index (χ1v) is 7.30. The summed E-state index contributed by atoms with van der Waals surface area (Å²) in [6.07, 6.45) is 9.03. The van der Waals surface area contributed by atoms with Crippen molar-refractivity contribution in [3.05, 3.63) is 23.8 Å². The lowest BCUT2D eigenvalue weighted by atomic mass is 9.82. The van der Waals surface area contributed by atoms with Crippen LogP contribution in [0.4, 0.5) is 0 Å². The van der Waals surface area contributed by atoms with Crippen LogP contribution in [0.2, 0.25) is 0 Å². The molecule has 2 rings (SSSR count). The second kappa shape index (κ2) is 7.56. The topological polar surface area (TPSA) is 47.0 Å². The number of nitrogens with one attached hydrogen (secondary N) is 1. The van der Waals surface area contributed by atoms with Crippen molar-refractivity contribution in [1.29, 1.82) is 0 Å². The molecule has 19 heavy (non-hydrogen) atoms. The Morgan fingerprint density at radius 3 is 2.53 bits per heavy atom. The first-order valence-electron chi connectivity index (χ1n) is 7.30. The van der Waals surface area contributed by atoms with E-state index in [4.69, 9.17) is 4.74 Å². The average molecular weight is 263 g/mol. The molecule has 0 atom stereocenters. The molecular weight excluding hydrogens is 238 g/mol. The van der Waals surface area contributed by atoms with Crippen LogP contribution >= 0.6 is 0 Å². The van der Waals surface area contributed by atoms with Gasteiger partial charge in [0.1, 0.15) is 5.82 Å². The Balaban J connectivity index is 1.81. The molecule has 0 aliphatic heterocycles. The molecule has 4 nitrogen and oxygen atoms in total. The summed E-state index contributed by atoms with van der Waals surface area (Å²) in [5, 5.41) is 3.30. The minimum atomic E-state index is 0.576. The third-order valence-electron chi connectivity index (χ3n) is 3.92. The molecule has 106 valence electrons. The summed E-state index contributed by atoms with van der Waals surface area (Å²) in [7, 11) is 1.71. The molecule has 0 amide bonds. The van der Waals surface area contributed by atoms with Gasteiger partial charge in [-0.2, -0.15) is 0 Å². The molecule has 0 spiro atoms. The maximum Gasteiger partial charge on any atom is 0.131 e. The van der Waals surface area contributed by atoms with Crippen LogP contribution in [0.25, 0.3) is 0 Å². The van der Waals surface area contributed by atoms with Gasteiger partial charge in [-0.05, 0) is 18.8 Å². The van der Waals surface area contributed by atoms with E-state index in [1.165, 1.54) is 25.7 Å². The zero-order chi connectivity index (χ0) is 13.5. The second-order valence-electron chi connectivity index (χ2n) is 5.58. The van der Waals surface area contributed by atoms with Gasteiger partial charge in [0, 0.05) is 44.1 Å². The molecule has 0 radical (unpaired) electrons. The Morgan fingerprint density at radius 2 is 1.89 bits per heavy atom. The summed E-state index contributed by atoms with van der Waals surface area (Å²) in [6, 6.07) is 0. The monoisotopic (exact) mass is 263 g/mol. The van der Waals surface area contributed by atoms with E-state index in [2.05, 4.69) is 22.2 Å². The van der Waals surface area contributed by atoms with Crippen molar-refractivity contribution in [3.63, 3.8) is 0 Å². The van der Waals surface area contributed by atoms with Crippen molar-refractivity contribution in [1.82, 2.24) is 15.3 Å². The molecule has 1 aliphatic rings. The van der Waals surface area contributed by atoms with Gasteiger partial charge in [0.25, 0.3) is 0 Å². The van der Waals surface area contributed by atoms with Gasteiger partial charge in [-0.3, -0.25) is 0 Å². The molecule has 1 N–H and O–H groups in total. The van der Waals surface area contributed by atoms with E-state index >= 15 is 0 Å². The van der Waals surface area contributed by atoms with E-state index < -0.39 is 0 Å². The van der Waals surface area contributed by atoms with E-state index in [1.807, 2.05) is 12.4 Å². The molecular formula is C15H25N3O. The molecule has 1 fully saturated rings. The van der Waals surface area contributed by atoms with Gasteiger partial charge < -0.3 is 10.1 Å². The molecule has 0 bridgehead atoms. The highest BCUT2D eigenvalue weighted by Gasteiger charge is 2.21. The smallest absolute Gasteiger partial charge is 0.131 e. The van der Waals surface area contributed by atoms with Crippen LogP contribution < -0.4 is 5.32 Å². The highest BCUT2D eigenvalue weighted by atomic mass is 16.5. The van der Waals surface area contributed by atoms with Crippen LogP contribution in [0, 0.1) is 5.92 Å². The second-order valence-corrected chi connectivity index (χ2v) is 5.58. The Kier molecular flexibility index (Phi) is 5.73. The quantitative estimate of drug-likeness (QED) is 0.801. The number of aromatic nitrogens is 2. The molecule has 0 unspecified atom stereocenters. The Labute approximate surface area is 116 Å². The van der Waals surface area contributed by atoms with Gasteiger partial charge in [-0.25, -0.2) is 9.97 Å². The highest BCUT2D eigenvalue weighted by Crippen LogP contribution is 2.33. The van der Waals surface area contributed by atoms with E-state index in [-0.39, 0.29) is 0 Å². The number of ether oxygens (including phenoxy) is 1. The third kappa shape index (κ3) is 4.55. The lowest BCUT2D eigenvalue weighted by molar-refractivity contribution is 0.199. The summed E-state index contributed by atoms with van der Waals surface area (Å²) in [5.74, 6) is 2.49. The van der Waals surface area contributed by atoms with E-state index in [0.29, 0.717) is 5.92 Å². The molecule has 1 saturated carbocycles. The molecule has 1 aromatic heterocycles. The van der Waals surface area contributed by atoms with Gasteiger partial charge >= 0.3 is 0 Å². The lowest BCUT2D eigenvalue weighted by Gasteiger charge is -2.24. The Hall–Kier alpha value is -1.00. The zero-order valence-corrected chi connectivity index (χ0v) is 12.1. The molecule has 1 aliphatic carbocycles. The predicted octanol–water partition coefficient (Wildman–Crippen LogP) is 2.51. The molecule has 0 saturated heterocycles. The maximum atomic E-state index is 4.99. The van der Waals surface area contributed by atoms with Crippen LogP contribution in [0.15, 0.2) is 12.4 Å². The average Bonchev–Trinajstić information content (AvgIpc) is 2.45. The Bertz CT molecular complexity index is 358. The largest absolute Gasteiger partial charge is 0.383 e. The summed E-state index contributed by atoms with van der Waals surface area (Å²) in [5.41, 5.74) is 1.14. The predicted molar refractivity (Wildman–Crippen MR) is 76.0 cm³/mol. The number of rotatable bonds is 6. The fraction of sp³-hybridized carbons (Fsp3) is 0.733. The Morgan fingerprint density at radius 1 is 1.21 bits per heavy atom. The fourth-order valence-corrected chi connectivity index (χ4v) is 2.59. The van der Waals surface area contributed by atoms with E-state index in [1.54, 1.807) is 7.11 Å². The molecule has 1 aromatic rings. The summed E-state index contributed by atoms with van der Waals surface area (Å²) in [6.45, 7) is 4.75. The van der Waals surface area contributed by atoms with Crippen LogP contribution in [0.3, 0.4) is 0 Å². The summed E-state index contributed by atoms with van der Waals surface area (Å²) >= 11 is 0. The summed E-state index contributed by atoms with van der Waals surface area (Å²) < 4.78 is 4.99. The first kappa shape index (κ1) is 14.4. The molecule has 0 aromatic carbocycles. The maximum absolute atomic E-state index is 4.99. The van der Waals surface area contributed by atoms with Crippen molar-refractivity contribution in [2.45, 2.75) is 45.1 Å². The van der Waals surface area contributed by atoms with E-state index in [0.717, 1.165) is 37.0 Å². The fourth-order valence-electron chi connectivity index (χ4n) is 2.59. The van der Waals surface area contributed by atoms with Gasteiger partial charge in [-0.1, -0.05) is 19.8 Å². The number of nitrogens with zero attached hydrogens (tertiary/aromatic N) is 2. The SMILES string of the molecule is COCCNCc1cnc(C2CCC(C)CC2)nc1. The van der Waals surface area contributed by atoms with Gasteiger partial charge in [0.15, 0.2) is 0 Å². The van der Waals surface area contributed by atoms with Crippen LogP contribution in [-0.4, -0.2) is 30.2 Å². The zero-order valence-electron chi connectivity index (χ0n) is 12.1.